The van der Waals surface area contributed by atoms with Gasteiger partial charge in [0.15, 0.2) is 0 Å². The largest absolute Gasteiger partial charge is 0.299 e. The summed E-state index contributed by atoms with van der Waals surface area (Å²) in [6.45, 7) is 0. The minimum absolute atomic E-state index is 0.418. The fourth-order valence-corrected chi connectivity index (χ4v) is 4.42. The van der Waals surface area contributed by atoms with Crippen LogP contribution >= 0.6 is 0 Å². The summed E-state index contributed by atoms with van der Waals surface area (Å²) in [7, 11) is 0. The number of ketones is 1. The van der Waals surface area contributed by atoms with Crippen LogP contribution in [0.15, 0.2) is 11.6 Å². The molecule has 1 heteroatoms. The maximum absolute atomic E-state index is 12.1. The van der Waals surface area contributed by atoms with Gasteiger partial charge in [-0.1, -0.05) is 11.6 Å². The van der Waals surface area contributed by atoms with Crippen LogP contribution in [-0.2, 0) is 4.79 Å². The topological polar surface area (TPSA) is 17.1 Å². The van der Waals surface area contributed by atoms with Crippen LogP contribution in [0.2, 0.25) is 0 Å². The summed E-state index contributed by atoms with van der Waals surface area (Å²) in [6.07, 6.45) is 17.1. The van der Waals surface area contributed by atoms with Crippen LogP contribution in [0, 0.1) is 24.2 Å². The molecule has 2 fully saturated rings. The standard InChI is InChI=1S/C17H25O/c18-17-10-6-9-15-14-8-5-3-1-2-4-7-13(14)11-12-16(15)17/h3,7,14-16H,1-2,4-6,8-12H2/b13-7-/t14-,15+,16+/m0/s1. The number of hydrogen-bond acceptors (Lipinski definition) is 1. The SMILES string of the molecule is O=C1CCC[C@H]2[C@H]1CC/C1=C/CCC[CH]CC[C@@H]12. The third-order valence-corrected chi connectivity index (χ3v) is 5.33. The van der Waals surface area contributed by atoms with Gasteiger partial charge in [0.25, 0.3) is 0 Å². The molecular formula is C17H25O. The van der Waals surface area contributed by atoms with Gasteiger partial charge < -0.3 is 0 Å². The van der Waals surface area contributed by atoms with Crippen molar-refractivity contribution in [2.24, 2.45) is 17.8 Å². The molecule has 18 heavy (non-hydrogen) atoms. The highest BCUT2D eigenvalue weighted by atomic mass is 16.1. The first-order valence-electron chi connectivity index (χ1n) is 7.89. The van der Waals surface area contributed by atoms with Gasteiger partial charge in [-0.25, -0.2) is 0 Å². The van der Waals surface area contributed by atoms with Crippen LogP contribution in [-0.4, -0.2) is 5.78 Å². The van der Waals surface area contributed by atoms with Crippen molar-refractivity contribution in [3.05, 3.63) is 18.1 Å². The molecule has 0 unspecified atom stereocenters. The van der Waals surface area contributed by atoms with E-state index in [1.807, 2.05) is 0 Å². The molecule has 0 aromatic rings. The average molecular weight is 245 g/mol. The molecule has 0 aromatic carbocycles. The summed E-state index contributed by atoms with van der Waals surface area (Å²) in [4.78, 5) is 12.1. The molecule has 99 valence electrons. The minimum Gasteiger partial charge on any atom is -0.299 e. The zero-order chi connectivity index (χ0) is 12.4. The Morgan fingerprint density at radius 1 is 0.889 bits per heavy atom. The summed E-state index contributed by atoms with van der Waals surface area (Å²) in [5.74, 6) is 2.43. The van der Waals surface area contributed by atoms with Gasteiger partial charge in [0, 0.05) is 12.3 Å². The Kier molecular flexibility index (Phi) is 3.86. The van der Waals surface area contributed by atoms with E-state index in [0.29, 0.717) is 17.6 Å². The Bertz CT molecular complexity index is 342. The van der Waals surface area contributed by atoms with Crippen LogP contribution in [0.25, 0.3) is 0 Å². The van der Waals surface area contributed by atoms with Gasteiger partial charge in [0.05, 0.1) is 0 Å². The minimum atomic E-state index is 0.418. The summed E-state index contributed by atoms with van der Waals surface area (Å²) in [6, 6.07) is 0. The van der Waals surface area contributed by atoms with Gasteiger partial charge >= 0.3 is 0 Å². The molecule has 0 amide bonds. The Balaban J connectivity index is 1.81. The summed E-state index contributed by atoms with van der Waals surface area (Å²) < 4.78 is 0. The number of hydrogen-bond donors (Lipinski definition) is 0. The fraction of sp³-hybridized carbons (Fsp3) is 0.765. The van der Waals surface area contributed by atoms with Crippen molar-refractivity contribution in [2.75, 3.05) is 0 Å². The molecule has 0 aromatic heterocycles. The van der Waals surface area contributed by atoms with Gasteiger partial charge in [0.2, 0.25) is 0 Å². The average Bonchev–Trinajstić information content (AvgIpc) is 2.50. The first-order valence-corrected chi connectivity index (χ1v) is 7.89. The Morgan fingerprint density at radius 2 is 1.83 bits per heavy atom. The number of Topliss-reactive ketones (excluding diaryl/α,β-unsaturated/α-hetero) is 1. The maximum Gasteiger partial charge on any atom is 0.136 e. The molecule has 0 N–H and O–H groups in total. The van der Waals surface area contributed by atoms with Crippen molar-refractivity contribution in [2.45, 2.75) is 64.2 Å². The van der Waals surface area contributed by atoms with E-state index in [4.69, 9.17) is 0 Å². The highest BCUT2D eigenvalue weighted by Crippen LogP contribution is 2.47. The molecule has 3 rings (SSSR count). The second kappa shape index (κ2) is 5.59. The van der Waals surface area contributed by atoms with Crippen molar-refractivity contribution >= 4 is 5.78 Å². The molecule has 1 radical (unpaired) electrons. The van der Waals surface area contributed by atoms with Crippen LogP contribution in [0.4, 0.5) is 0 Å². The van der Waals surface area contributed by atoms with Gasteiger partial charge in [0.1, 0.15) is 5.78 Å². The second-order valence-electron chi connectivity index (χ2n) is 6.35. The number of rotatable bonds is 0. The van der Waals surface area contributed by atoms with Crippen molar-refractivity contribution in [1.82, 2.24) is 0 Å². The summed E-state index contributed by atoms with van der Waals surface area (Å²) in [5.41, 5.74) is 1.71. The second-order valence-corrected chi connectivity index (χ2v) is 6.35. The maximum atomic E-state index is 12.1. The summed E-state index contributed by atoms with van der Waals surface area (Å²) >= 11 is 0. The molecule has 3 atom stereocenters. The molecule has 0 aliphatic heterocycles. The molecule has 3 aliphatic carbocycles. The van der Waals surface area contributed by atoms with E-state index in [0.717, 1.165) is 25.2 Å². The van der Waals surface area contributed by atoms with Gasteiger partial charge in [-0.05, 0) is 76.0 Å². The predicted molar refractivity (Wildman–Crippen MR) is 74.0 cm³/mol. The van der Waals surface area contributed by atoms with E-state index in [1.165, 1.54) is 44.9 Å². The van der Waals surface area contributed by atoms with Crippen molar-refractivity contribution in [3.63, 3.8) is 0 Å². The zero-order valence-corrected chi connectivity index (χ0v) is 11.4. The number of allylic oxidation sites excluding steroid dienone is 2. The van der Waals surface area contributed by atoms with Crippen molar-refractivity contribution in [1.29, 1.82) is 0 Å². The lowest BCUT2D eigenvalue weighted by Gasteiger charge is -2.42. The smallest absolute Gasteiger partial charge is 0.136 e. The monoisotopic (exact) mass is 245 g/mol. The third kappa shape index (κ3) is 2.41. The first kappa shape index (κ1) is 12.4. The zero-order valence-electron chi connectivity index (χ0n) is 11.4. The van der Waals surface area contributed by atoms with Crippen LogP contribution < -0.4 is 0 Å². The third-order valence-electron chi connectivity index (χ3n) is 5.33. The van der Waals surface area contributed by atoms with E-state index in [9.17, 15) is 4.79 Å². The molecule has 0 spiro atoms. The van der Waals surface area contributed by atoms with Crippen LogP contribution in [0.3, 0.4) is 0 Å². The van der Waals surface area contributed by atoms with E-state index < -0.39 is 0 Å². The molecule has 0 bridgehead atoms. The lowest BCUT2D eigenvalue weighted by molar-refractivity contribution is -0.128. The van der Waals surface area contributed by atoms with Gasteiger partial charge in [-0.2, -0.15) is 0 Å². The number of carbonyl (C=O) groups excluding carboxylic acids is 1. The number of carbonyl (C=O) groups is 1. The van der Waals surface area contributed by atoms with E-state index in [-0.39, 0.29) is 0 Å². The number of fused-ring (bicyclic) bond motifs is 3. The molecule has 0 heterocycles. The normalized spacial score (nSPS) is 40.6. The lowest BCUT2D eigenvalue weighted by Crippen LogP contribution is -2.37. The van der Waals surface area contributed by atoms with E-state index >= 15 is 0 Å². The highest BCUT2D eigenvalue weighted by Gasteiger charge is 2.40. The van der Waals surface area contributed by atoms with Crippen molar-refractivity contribution < 1.29 is 4.79 Å². The molecule has 2 saturated carbocycles. The quantitative estimate of drug-likeness (QED) is 0.575. The van der Waals surface area contributed by atoms with Gasteiger partial charge in [-0.15, -0.1) is 0 Å². The Morgan fingerprint density at radius 3 is 2.78 bits per heavy atom. The molecule has 1 nitrogen and oxygen atoms in total. The Hall–Kier alpha value is -0.590. The lowest BCUT2D eigenvalue weighted by atomic mass is 9.62. The molecule has 3 aliphatic rings. The first-order chi connectivity index (χ1) is 8.86. The fourth-order valence-electron chi connectivity index (χ4n) is 4.42. The van der Waals surface area contributed by atoms with Crippen molar-refractivity contribution in [3.8, 4) is 0 Å². The highest BCUT2D eigenvalue weighted by molar-refractivity contribution is 5.82. The molecular weight excluding hydrogens is 220 g/mol. The van der Waals surface area contributed by atoms with Gasteiger partial charge in [-0.3, -0.25) is 4.79 Å². The van der Waals surface area contributed by atoms with Crippen LogP contribution in [0.1, 0.15) is 64.2 Å². The molecule has 0 saturated heterocycles. The summed E-state index contributed by atoms with van der Waals surface area (Å²) in [5, 5.41) is 0. The Labute approximate surface area is 111 Å². The van der Waals surface area contributed by atoms with Crippen LogP contribution in [0.5, 0.6) is 0 Å². The van der Waals surface area contributed by atoms with E-state index in [1.54, 1.807) is 5.57 Å². The van der Waals surface area contributed by atoms with E-state index in [2.05, 4.69) is 12.5 Å². The predicted octanol–water partition coefficient (Wildman–Crippen LogP) is 4.48.